The zero-order valence-corrected chi connectivity index (χ0v) is 22.7. The molecule has 11 nitrogen and oxygen atoms in total. The molecule has 3 aromatic heterocycles. The molecule has 5 rings (SSSR count). The summed E-state index contributed by atoms with van der Waals surface area (Å²) in [5.74, 6) is -0.430. The minimum Gasteiger partial charge on any atom is -0.399 e. The van der Waals surface area contributed by atoms with Crippen LogP contribution in [0, 0.1) is 6.92 Å². The molecule has 0 saturated carbocycles. The SMILES string of the molecule is Cc1ncc(NC(=O)CN2CCC[C@H]2C)cc1NC(=O)c1nnc2cc(B3OC(C)(C)C(C)(C)O3)ccn12. The van der Waals surface area contributed by atoms with Gasteiger partial charge in [-0.2, -0.15) is 0 Å². The van der Waals surface area contributed by atoms with Crippen LogP contribution in [0.5, 0.6) is 0 Å². The lowest BCUT2D eigenvalue weighted by Gasteiger charge is -2.32. The van der Waals surface area contributed by atoms with Crippen LogP contribution in [0.3, 0.4) is 0 Å². The van der Waals surface area contributed by atoms with Gasteiger partial charge in [0, 0.05) is 12.2 Å². The first-order valence-corrected chi connectivity index (χ1v) is 13.0. The minimum absolute atomic E-state index is 0.108. The maximum absolute atomic E-state index is 13.1. The van der Waals surface area contributed by atoms with Gasteiger partial charge in [0.05, 0.1) is 41.0 Å². The highest BCUT2D eigenvalue weighted by atomic mass is 16.7. The molecule has 0 unspecified atom stereocenters. The first-order chi connectivity index (χ1) is 17.9. The van der Waals surface area contributed by atoms with E-state index < -0.39 is 24.2 Å². The van der Waals surface area contributed by atoms with Crippen molar-refractivity contribution < 1.29 is 18.9 Å². The maximum atomic E-state index is 13.1. The van der Waals surface area contributed by atoms with E-state index in [2.05, 4.69) is 37.6 Å². The average molecular weight is 519 g/mol. The third-order valence-electron chi connectivity index (χ3n) is 7.82. The fourth-order valence-electron chi connectivity index (χ4n) is 4.71. The summed E-state index contributed by atoms with van der Waals surface area (Å²) in [6.45, 7) is 13.2. The molecular formula is C26H34BN7O4. The molecule has 2 aliphatic heterocycles. The molecule has 200 valence electrons. The van der Waals surface area contributed by atoms with E-state index in [1.807, 2.05) is 33.8 Å². The van der Waals surface area contributed by atoms with Gasteiger partial charge in [-0.25, -0.2) is 0 Å². The lowest BCUT2D eigenvalue weighted by molar-refractivity contribution is -0.117. The summed E-state index contributed by atoms with van der Waals surface area (Å²) in [6, 6.07) is 5.73. The lowest BCUT2D eigenvalue weighted by atomic mass is 9.80. The molecule has 0 spiro atoms. The first-order valence-electron chi connectivity index (χ1n) is 13.0. The monoisotopic (exact) mass is 519 g/mol. The van der Waals surface area contributed by atoms with Gasteiger partial charge in [-0.1, -0.05) is 0 Å². The summed E-state index contributed by atoms with van der Waals surface area (Å²) in [5, 5.41) is 14.0. The number of fused-ring (bicyclic) bond motifs is 1. The number of nitrogens with one attached hydrogen (secondary N) is 2. The molecule has 1 atom stereocenters. The second kappa shape index (κ2) is 9.75. The van der Waals surface area contributed by atoms with Gasteiger partial charge in [0.1, 0.15) is 0 Å². The zero-order chi connectivity index (χ0) is 27.2. The Balaban J connectivity index is 1.29. The van der Waals surface area contributed by atoms with Crippen LogP contribution in [0.15, 0.2) is 30.6 Å². The topological polar surface area (TPSA) is 123 Å². The highest BCUT2D eigenvalue weighted by molar-refractivity contribution is 6.62. The quantitative estimate of drug-likeness (QED) is 0.476. The van der Waals surface area contributed by atoms with Crippen LogP contribution in [0.4, 0.5) is 11.4 Å². The molecule has 3 aromatic rings. The summed E-state index contributed by atoms with van der Waals surface area (Å²) < 4.78 is 13.9. The smallest absolute Gasteiger partial charge is 0.399 e. The number of anilines is 2. The van der Waals surface area contributed by atoms with Gasteiger partial charge in [0.2, 0.25) is 11.7 Å². The van der Waals surface area contributed by atoms with Crippen molar-refractivity contribution in [2.75, 3.05) is 23.7 Å². The molecule has 2 saturated heterocycles. The number of carbonyl (C=O) groups is 2. The first kappa shape index (κ1) is 26.3. The van der Waals surface area contributed by atoms with Crippen LogP contribution in [0.2, 0.25) is 0 Å². The van der Waals surface area contributed by atoms with E-state index in [-0.39, 0.29) is 11.7 Å². The van der Waals surface area contributed by atoms with E-state index in [4.69, 9.17) is 9.31 Å². The third kappa shape index (κ3) is 5.03. The standard InChI is InChI=1S/C26H34BN7O4/c1-16-8-7-10-33(16)15-22(35)29-19-13-20(17(2)28-14-19)30-24(36)23-32-31-21-12-18(9-11-34(21)23)27-37-25(3,4)26(5,6)38-27/h9,11-14,16H,7-8,10,15H2,1-6H3,(H,29,35)(H,30,36)/t16-/m1/s1. The number of amides is 2. The Labute approximate surface area is 222 Å². The summed E-state index contributed by atoms with van der Waals surface area (Å²) in [7, 11) is -0.542. The van der Waals surface area contributed by atoms with E-state index in [0.717, 1.165) is 24.8 Å². The van der Waals surface area contributed by atoms with Crippen LogP contribution >= 0.6 is 0 Å². The number of nitrogens with zero attached hydrogens (tertiary/aromatic N) is 5. The van der Waals surface area contributed by atoms with Crippen LogP contribution < -0.4 is 16.1 Å². The Morgan fingerprint density at radius 1 is 1.13 bits per heavy atom. The third-order valence-corrected chi connectivity index (χ3v) is 7.82. The van der Waals surface area contributed by atoms with E-state index in [1.54, 1.807) is 35.9 Å². The molecule has 0 aromatic carbocycles. The van der Waals surface area contributed by atoms with Gasteiger partial charge in [-0.15, -0.1) is 10.2 Å². The van der Waals surface area contributed by atoms with E-state index >= 15 is 0 Å². The molecule has 0 aliphatic carbocycles. The molecule has 0 bridgehead atoms. The normalized spacial score (nSPS) is 20.7. The van der Waals surface area contributed by atoms with Crippen LogP contribution in [0.1, 0.15) is 63.8 Å². The van der Waals surface area contributed by atoms with Crippen molar-refractivity contribution in [2.45, 2.75) is 71.6 Å². The number of pyridine rings is 2. The Hall–Kier alpha value is -3.35. The van der Waals surface area contributed by atoms with Gasteiger partial charge in [0.15, 0.2) is 5.65 Å². The van der Waals surface area contributed by atoms with Crippen molar-refractivity contribution in [1.82, 2.24) is 24.5 Å². The van der Waals surface area contributed by atoms with E-state index in [9.17, 15) is 9.59 Å². The number of aryl methyl sites for hydroxylation is 1. The van der Waals surface area contributed by atoms with Crippen molar-refractivity contribution in [3.05, 3.63) is 42.1 Å². The van der Waals surface area contributed by atoms with E-state index in [1.165, 1.54) is 0 Å². The van der Waals surface area contributed by atoms with Crippen LogP contribution in [-0.2, 0) is 14.1 Å². The van der Waals surface area contributed by atoms with Gasteiger partial charge in [0.25, 0.3) is 5.91 Å². The van der Waals surface area contributed by atoms with E-state index in [0.29, 0.717) is 35.3 Å². The lowest BCUT2D eigenvalue weighted by Crippen LogP contribution is -2.41. The molecule has 2 aliphatic rings. The Bertz CT molecular complexity index is 1370. The minimum atomic E-state index is -0.542. The molecule has 0 radical (unpaired) electrons. The average Bonchev–Trinajstić information content (AvgIpc) is 3.51. The number of hydrogen-bond donors (Lipinski definition) is 2. The van der Waals surface area contributed by atoms with Gasteiger partial charge >= 0.3 is 7.12 Å². The number of rotatable bonds is 6. The second-order valence-electron chi connectivity index (χ2n) is 11.1. The van der Waals surface area contributed by atoms with Gasteiger partial charge < -0.3 is 19.9 Å². The fourth-order valence-corrected chi connectivity index (χ4v) is 4.71. The zero-order valence-electron chi connectivity index (χ0n) is 22.7. The Morgan fingerprint density at radius 3 is 2.55 bits per heavy atom. The number of carbonyl (C=O) groups excluding carboxylic acids is 2. The molecule has 12 heteroatoms. The van der Waals surface area contributed by atoms with Crippen molar-refractivity contribution in [3.8, 4) is 0 Å². The summed E-state index contributed by atoms with van der Waals surface area (Å²) >= 11 is 0. The van der Waals surface area contributed by atoms with Crippen molar-refractivity contribution in [1.29, 1.82) is 0 Å². The van der Waals surface area contributed by atoms with Crippen LogP contribution in [-0.4, -0.2) is 73.7 Å². The number of aromatic nitrogens is 4. The molecule has 5 heterocycles. The second-order valence-corrected chi connectivity index (χ2v) is 11.1. The largest absolute Gasteiger partial charge is 0.495 e. The fraction of sp³-hybridized carbons (Fsp3) is 0.500. The molecule has 2 fully saturated rings. The van der Waals surface area contributed by atoms with Gasteiger partial charge in [-0.05, 0) is 84.6 Å². The van der Waals surface area contributed by atoms with Crippen molar-refractivity contribution >= 4 is 41.4 Å². The summed E-state index contributed by atoms with van der Waals surface area (Å²) in [6.07, 6.45) is 5.52. The Morgan fingerprint density at radius 2 is 1.87 bits per heavy atom. The molecule has 2 amide bonds. The van der Waals surface area contributed by atoms with Crippen molar-refractivity contribution in [3.63, 3.8) is 0 Å². The summed E-state index contributed by atoms with van der Waals surface area (Å²) in [5.41, 5.74) is 1.97. The molecular weight excluding hydrogens is 485 g/mol. The molecule has 2 N–H and O–H groups in total. The highest BCUT2D eigenvalue weighted by Crippen LogP contribution is 2.36. The Kier molecular flexibility index (Phi) is 6.74. The number of hydrogen-bond acceptors (Lipinski definition) is 8. The maximum Gasteiger partial charge on any atom is 0.495 e. The van der Waals surface area contributed by atoms with Crippen molar-refractivity contribution in [2.24, 2.45) is 0 Å². The number of likely N-dealkylation sites (tertiary alicyclic amines) is 1. The summed E-state index contributed by atoms with van der Waals surface area (Å²) in [4.78, 5) is 32.2. The molecule has 38 heavy (non-hydrogen) atoms. The predicted molar refractivity (Wildman–Crippen MR) is 145 cm³/mol. The van der Waals surface area contributed by atoms with Crippen LogP contribution in [0.25, 0.3) is 5.65 Å². The predicted octanol–water partition coefficient (Wildman–Crippen LogP) is 2.41. The highest BCUT2D eigenvalue weighted by Gasteiger charge is 2.51. The van der Waals surface area contributed by atoms with Gasteiger partial charge in [-0.3, -0.25) is 23.9 Å².